The van der Waals surface area contributed by atoms with Crippen molar-refractivity contribution >= 4 is 10.9 Å². The first-order valence-electron chi connectivity index (χ1n) is 7.82. The van der Waals surface area contributed by atoms with E-state index < -0.39 is 0 Å². The summed E-state index contributed by atoms with van der Waals surface area (Å²) in [5.74, 6) is 0.963. The van der Waals surface area contributed by atoms with Crippen LogP contribution in [0.2, 0.25) is 0 Å². The smallest absolute Gasteiger partial charge is 0.125 e. The number of rotatable bonds is 6. The van der Waals surface area contributed by atoms with Crippen LogP contribution in [-0.2, 0) is 11.3 Å². The van der Waals surface area contributed by atoms with Crippen LogP contribution in [0.15, 0.2) is 18.3 Å². The first-order chi connectivity index (χ1) is 10.7. The molecule has 1 aromatic carbocycles. The van der Waals surface area contributed by atoms with E-state index >= 15 is 0 Å². The highest BCUT2D eigenvalue weighted by atomic mass is 16.5. The molecule has 0 unspecified atom stereocenters. The van der Waals surface area contributed by atoms with Crippen LogP contribution in [0.4, 0.5) is 0 Å². The fourth-order valence-corrected chi connectivity index (χ4v) is 2.82. The molecule has 1 aliphatic heterocycles. The molecular weight excluding hydrogens is 278 g/mol. The predicted octanol–water partition coefficient (Wildman–Crippen LogP) is 1.74. The van der Waals surface area contributed by atoms with Gasteiger partial charge in [0.2, 0.25) is 0 Å². The minimum Gasteiger partial charge on any atom is -0.492 e. The van der Waals surface area contributed by atoms with Crippen molar-refractivity contribution in [2.75, 3.05) is 53.6 Å². The van der Waals surface area contributed by atoms with Crippen molar-refractivity contribution in [3.63, 3.8) is 0 Å². The summed E-state index contributed by atoms with van der Waals surface area (Å²) in [6.45, 7) is 6.15. The van der Waals surface area contributed by atoms with Crippen LogP contribution in [0.5, 0.6) is 5.75 Å². The van der Waals surface area contributed by atoms with Crippen molar-refractivity contribution in [1.82, 2.24) is 14.8 Å². The van der Waals surface area contributed by atoms with Crippen molar-refractivity contribution in [2.24, 2.45) is 0 Å². The second kappa shape index (κ2) is 7.13. The molecule has 0 spiro atoms. The number of morpholine rings is 1. The molecule has 5 heteroatoms. The molecule has 2 heterocycles. The van der Waals surface area contributed by atoms with Crippen LogP contribution in [-0.4, -0.2) is 68.3 Å². The van der Waals surface area contributed by atoms with Gasteiger partial charge in [-0.15, -0.1) is 0 Å². The summed E-state index contributed by atoms with van der Waals surface area (Å²) in [5.41, 5.74) is 2.32. The van der Waals surface area contributed by atoms with Gasteiger partial charge in [-0.25, -0.2) is 0 Å². The lowest BCUT2D eigenvalue weighted by Crippen LogP contribution is -2.38. The molecule has 1 saturated heterocycles. The first kappa shape index (κ1) is 15.3. The fraction of sp³-hybridized carbons (Fsp3) is 0.529. The van der Waals surface area contributed by atoms with Gasteiger partial charge in [-0.2, -0.15) is 0 Å². The third kappa shape index (κ3) is 3.61. The number of aromatic nitrogens is 1. The van der Waals surface area contributed by atoms with E-state index in [1.807, 2.05) is 6.20 Å². The zero-order valence-corrected chi connectivity index (χ0v) is 13.4. The van der Waals surface area contributed by atoms with Crippen molar-refractivity contribution in [3.05, 3.63) is 30.0 Å². The molecule has 22 heavy (non-hydrogen) atoms. The van der Waals surface area contributed by atoms with Crippen LogP contribution < -0.4 is 4.74 Å². The molecule has 0 atom stereocenters. The molecule has 3 rings (SSSR count). The molecule has 1 radical (unpaired) electrons. The van der Waals surface area contributed by atoms with Crippen molar-refractivity contribution in [2.45, 2.75) is 6.54 Å². The van der Waals surface area contributed by atoms with E-state index in [4.69, 9.17) is 9.47 Å². The van der Waals surface area contributed by atoms with E-state index in [-0.39, 0.29) is 0 Å². The van der Waals surface area contributed by atoms with Crippen molar-refractivity contribution in [1.29, 1.82) is 0 Å². The number of nitrogens with zero attached hydrogens (tertiary/aromatic N) is 2. The Morgan fingerprint density at radius 3 is 2.91 bits per heavy atom. The summed E-state index contributed by atoms with van der Waals surface area (Å²) in [7, 11) is 4.14. The van der Waals surface area contributed by atoms with Crippen LogP contribution in [0.25, 0.3) is 10.9 Å². The van der Waals surface area contributed by atoms with Gasteiger partial charge in [0.15, 0.2) is 0 Å². The molecule has 1 aromatic heterocycles. The number of hydrogen-bond acceptors (Lipinski definition) is 4. The maximum atomic E-state index is 6.08. The van der Waals surface area contributed by atoms with Gasteiger partial charge in [0.1, 0.15) is 12.4 Å². The Morgan fingerprint density at radius 1 is 1.32 bits per heavy atom. The van der Waals surface area contributed by atoms with E-state index in [2.05, 4.69) is 47.1 Å². The van der Waals surface area contributed by atoms with Crippen LogP contribution in [0.1, 0.15) is 5.56 Å². The van der Waals surface area contributed by atoms with Crippen molar-refractivity contribution < 1.29 is 9.47 Å². The SMILES string of the molecule is CN(C)Cc1c(OCCN2CCOCC2)ccc2[c]c[nH]c12. The van der Waals surface area contributed by atoms with Gasteiger partial charge in [0.05, 0.1) is 18.7 Å². The highest BCUT2D eigenvalue weighted by Gasteiger charge is 2.13. The third-order valence-electron chi connectivity index (χ3n) is 3.96. The molecule has 119 valence electrons. The van der Waals surface area contributed by atoms with Gasteiger partial charge in [-0.05, 0) is 26.2 Å². The lowest BCUT2D eigenvalue weighted by atomic mass is 10.1. The predicted molar refractivity (Wildman–Crippen MR) is 87.3 cm³/mol. The van der Waals surface area contributed by atoms with Crippen molar-refractivity contribution in [3.8, 4) is 5.75 Å². The van der Waals surface area contributed by atoms with E-state index in [0.29, 0.717) is 6.61 Å². The van der Waals surface area contributed by atoms with E-state index in [0.717, 1.165) is 56.0 Å². The average Bonchev–Trinajstić information content (AvgIpc) is 2.99. The Balaban J connectivity index is 1.68. The van der Waals surface area contributed by atoms with Crippen LogP contribution in [0.3, 0.4) is 0 Å². The maximum absolute atomic E-state index is 6.08. The number of hydrogen-bond donors (Lipinski definition) is 1. The molecule has 1 aliphatic rings. The average molecular weight is 302 g/mol. The zero-order chi connectivity index (χ0) is 15.4. The number of H-pyrrole nitrogens is 1. The molecule has 1 fully saturated rings. The highest BCUT2D eigenvalue weighted by molar-refractivity contribution is 5.84. The molecule has 5 nitrogen and oxygen atoms in total. The van der Waals surface area contributed by atoms with Crippen LogP contribution in [0, 0.1) is 6.07 Å². The molecule has 0 aliphatic carbocycles. The molecule has 0 saturated carbocycles. The Labute approximate surface area is 131 Å². The monoisotopic (exact) mass is 302 g/mol. The molecule has 0 amide bonds. The summed E-state index contributed by atoms with van der Waals surface area (Å²) in [6, 6.07) is 7.34. The normalized spacial score (nSPS) is 16.5. The number of aromatic amines is 1. The fourth-order valence-electron chi connectivity index (χ4n) is 2.82. The Hall–Kier alpha value is -1.56. The number of nitrogens with one attached hydrogen (secondary N) is 1. The molecular formula is C17H24N3O2. The summed E-state index contributed by atoms with van der Waals surface area (Å²) < 4.78 is 11.4. The lowest BCUT2D eigenvalue weighted by Gasteiger charge is -2.26. The van der Waals surface area contributed by atoms with Gasteiger partial charge in [0.25, 0.3) is 0 Å². The Morgan fingerprint density at radius 2 is 2.14 bits per heavy atom. The van der Waals surface area contributed by atoms with Gasteiger partial charge in [0, 0.05) is 49.4 Å². The second-order valence-electron chi connectivity index (χ2n) is 5.94. The van der Waals surface area contributed by atoms with E-state index in [9.17, 15) is 0 Å². The first-order valence-corrected chi connectivity index (χ1v) is 7.82. The summed E-state index contributed by atoms with van der Waals surface area (Å²) >= 11 is 0. The largest absolute Gasteiger partial charge is 0.492 e. The van der Waals surface area contributed by atoms with Crippen LogP contribution >= 0.6 is 0 Å². The quantitative estimate of drug-likeness (QED) is 0.882. The summed E-state index contributed by atoms with van der Waals surface area (Å²) in [4.78, 5) is 7.83. The van der Waals surface area contributed by atoms with E-state index in [1.165, 1.54) is 5.56 Å². The van der Waals surface area contributed by atoms with Gasteiger partial charge in [-0.3, -0.25) is 4.90 Å². The second-order valence-corrected chi connectivity index (χ2v) is 5.94. The highest BCUT2D eigenvalue weighted by Crippen LogP contribution is 2.28. The minimum absolute atomic E-state index is 0.705. The van der Waals surface area contributed by atoms with E-state index in [1.54, 1.807) is 0 Å². The topological polar surface area (TPSA) is 40.7 Å². The Kier molecular flexibility index (Phi) is 4.97. The lowest BCUT2D eigenvalue weighted by molar-refractivity contribution is 0.0322. The van der Waals surface area contributed by atoms with Gasteiger partial charge in [-0.1, -0.05) is 0 Å². The number of ether oxygens (including phenoxy) is 2. The summed E-state index contributed by atoms with van der Waals surface area (Å²) in [6.07, 6.45) is 1.86. The molecule has 0 bridgehead atoms. The standard InChI is InChI=1S/C17H24N3O2/c1-19(2)13-15-16(4-3-14-5-6-18-17(14)15)22-12-9-20-7-10-21-11-8-20/h3-4,6,18H,7-13H2,1-2H3. The summed E-state index contributed by atoms with van der Waals surface area (Å²) in [5, 5.41) is 1.11. The van der Waals surface area contributed by atoms with Gasteiger partial charge < -0.3 is 19.4 Å². The number of fused-ring (bicyclic) bond motifs is 1. The van der Waals surface area contributed by atoms with Gasteiger partial charge >= 0.3 is 0 Å². The Bertz CT molecular complexity index is 603. The molecule has 1 N–H and O–H groups in total. The third-order valence-corrected chi connectivity index (χ3v) is 3.96. The minimum atomic E-state index is 0.705. The molecule has 2 aromatic rings. The number of benzene rings is 1. The zero-order valence-electron chi connectivity index (χ0n) is 13.4. The maximum Gasteiger partial charge on any atom is 0.125 e.